The second-order valence-corrected chi connectivity index (χ2v) is 6.98. The number of nitrogens with zero attached hydrogens (tertiary/aromatic N) is 2. The molecule has 0 radical (unpaired) electrons. The number of hydrogen-bond donors (Lipinski definition) is 0. The van der Waals surface area contributed by atoms with Crippen molar-refractivity contribution in [1.82, 2.24) is 4.90 Å². The number of benzene rings is 3. The second-order valence-electron chi connectivity index (χ2n) is 6.62. The highest BCUT2D eigenvalue weighted by atomic mass is 32.1. The van der Waals surface area contributed by atoms with Crippen molar-refractivity contribution >= 4 is 45.8 Å². The number of fused-ring (bicyclic) bond motifs is 1. The number of thiocarbonyl (C=S) groups is 1. The maximum atomic E-state index is 13.3. The minimum atomic E-state index is -0.175. The molecule has 0 N–H and O–H groups in total. The molecule has 1 fully saturated rings. The van der Waals surface area contributed by atoms with E-state index in [1.165, 1.54) is 0 Å². The van der Waals surface area contributed by atoms with Gasteiger partial charge in [0.2, 0.25) is 0 Å². The van der Waals surface area contributed by atoms with Gasteiger partial charge in [-0.3, -0.25) is 9.69 Å². The lowest BCUT2D eigenvalue weighted by Gasteiger charge is -2.16. The molecule has 6 heteroatoms. The van der Waals surface area contributed by atoms with E-state index in [1.54, 1.807) is 31.1 Å². The summed E-state index contributed by atoms with van der Waals surface area (Å²) in [5.41, 5.74) is 2.02. The molecule has 146 valence electrons. The smallest absolute Gasteiger partial charge is 0.281 e. The van der Waals surface area contributed by atoms with Gasteiger partial charge in [0.25, 0.3) is 5.91 Å². The van der Waals surface area contributed by atoms with Crippen LogP contribution in [0.1, 0.15) is 5.56 Å². The molecule has 4 rings (SSSR count). The molecular weight excluding hydrogens is 384 g/mol. The number of amides is 1. The standard InChI is InChI=1S/C23H20N2O3S/c1-24-20(22(26)25(23(24)29)16-7-5-4-6-8-16)14-19-18-13-17(27-2)11-9-15(18)10-12-21(19)28-3/h4-14H,1-3H3. The summed E-state index contributed by atoms with van der Waals surface area (Å²) in [7, 11) is 5.04. The van der Waals surface area contributed by atoms with E-state index >= 15 is 0 Å². The van der Waals surface area contributed by atoms with Crippen molar-refractivity contribution in [2.75, 3.05) is 26.2 Å². The number of hydrogen-bond acceptors (Lipinski definition) is 4. The fourth-order valence-corrected chi connectivity index (χ4v) is 3.74. The molecule has 0 bridgehead atoms. The van der Waals surface area contributed by atoms with Gasteiger partial charge in [0.05, 0.1) is 19.9 Å². The van der Waals surface area contributed by atoms with Crippen molar-refractivity contribution in [3.63, 3.8) is 0 Å². The summed E-state index contributed by atoms with van der Waals surface area (Å²) in [6.07, 6.45) is 1.83. The third kappa shape index (κ3) is 3.21. The summed E-state index contributed by atoms with van der Waals surface area (Å²) in [6.45, 7) is 0. The molecule has 5 nitrogen and oxygen atoms in total. The van der Waals surface area contributed by atoms with Crippen molar-refractivity contribution < 1.29 is 14.3 Å². The lowest BCUT2D eigenvalue weighted by atomic mass is 10.0. The first-order valence-electron chi connectivity index (χ1n) is 9.08. The van der Waals surface area contributed by atoms with Crippen LogP contribution in [0.4, 0.5) is 5.69 Å². The zero-order chi connectivity index (χ0) is 20.5. The number of rotatable bonds is 4. The third-order valence-electron chi connectivity index (χ3n) is 5.01. The Morgan fingerprint density at radius 2 is 1.69 bits per heavy atom. The summed E-state index contributed by atoms with van der Waals surface area (Å²) in [5.74, 6) is 1.23. The summed E-state index contributed by atoms with van der Waals surface area (Å²) >= 11 is 5.55. The topological polar surface area (TPSA) is 42.0 Å². The summed E-state index contributed by atoms with van der Waals surface area (Å²) in [5, 5.41) is 2.39. The molecule has 1 aliphatic heterocycles. The van der Waals surface area contributed by atoms with Crippen LogP contribution >= 0.6 is 12.2 Å². The number of para-hydroxylation sites is 1. The predicted molar refractivity (Wildman–Crippen MR) is 119 cm³/mol. The lowest BCUT2D eigenvalue weighted by Crippen LogP contribution is -2.30. The summed E-state index contributed by atoms with van der Waals surface area (Å²) in [6, 6.07) is 19.1. The number of carbonyl (C=O) groups excluding carboxylic acids is 1. The van der Waals surface area contributed by atoms with E-state index in [9.17, 15) is 4.79 Å². The van der Waals surface area contributed by atoms with Gasteiger partial charge in [-0.15, -0.1) is 0 Å². The van der Waals surface area contributed by atoms with Crippen molar-refractivity contribution in [1.29, 1.82) is 0 Å². The van der Waals surface area contributed by atoms with E-state index in [-0.39, 0.29) is 5.91 Å². The van der Waals surface area contributed by atoms with Crippen LogP contribution in [0.2, 0.25) is 0 Å². The highest BCUT2D eigenvalue weighted by Crippen LogP contribution is 2.35. The van der Waals surface area contributed by atoms with E-state index < -0.39 is 0 Å². The number of ether oxygens (including phenoxy) is 2. The van der Waals surface area contributed by atoms with E-state index in [0.717, 1.165) is 27.8 Å². The van der Waals surface area contributed by atoms with Crippen LogP contribution in [0, 0.1) is 0 Å². The maximum absolute atomic E-state index is 13.3. The van der Waals surface area contributed by atoms with Gasteiger partial charge in [-0.25, -0.2) is 0 Å². The summed E-state index contributed by atoms with van der Waals surface area (Å²) in [4.78, 5) is 16.5. The minimum absolute atomic E-state index is 0.175. The van der Waals surface area contributed by atoms with Gasteiger partial charge in [-0.05, 0) is 59.4 Å². The van der Waals surface area contributed by atoms with Crippen LogP contribution < -0.4 is 14.4 Å². The maximum Gasteiger partial charge on any atom is 0.281 e. The molecule has 1 saturated heterocycles. The van der Waals surface area contributed by atoms with Crippen molar-refractivity contribution in [3.8, 4) is 11.5 Å². The average Bonchev–Trinajstić information content (AvgIpc) is 2.97. The highest BCUT2D eigenvalue weighted by Gasteiger charge is 2.37. The van der Waals surface area contributed by atoms with Crippen LogP contribution in [-0.2, 0) is 4.79 Å². The first-order valence-corrected chi connectivity index (χ1v) is 9.49. The Balaban J connectivity index is 1.88. The molecule has 1 aliphatic rings. The molecule has 0 saturated carbocycles. The van der Waals surface area contributed by atoms with E-state index in [0.29, 0.717) is 16.6 Å². The molecule has 0 atom stereocenters. The highest BCUT2D eigenvalue weighted by molar-refractivity contribution is 7.80. The Bertz CT molecular complexity index is 1140. The van der Waals surface area contributed by atoms with E-state index in [4.69, 9.17) is 21.7 Å². The molecule has 29 heavy (non-hydrogen) atoms. The van der Waals surface area contributed by atoms with Crippen LogP contribution in [0.25, 0.3) is 16.8 Å². The van der Waals surface area contributed by atoms with Crippen LogP contribution in [0.5, 0.6) is 11.5 Å². The fraction of sp³-hybridized carbons (Fsp3) is 0.130. The van der Waals surface area contributed by atoms with Gasteiger partial charge >= 0.3 is 0 Å². The van der Waals surface area contributed by atoms with Gasteiger partial charge in [-0.1, -0.05) is 30.3 Å². The Hall–Kier alpha value is -3.38. The van der Waals surface area contributed by atoms with Gasteiger partial charge in [0.15, 0.2) is 5.11 Å². The van der Waals surface area contributed by atoms with E-state index in [1.807, 2.05) is 66.7 Å². The molecule has 0 aliphatic carbocycles. The van der Waals surface area contributed by atoms with E-state index in [2.05, 4.69) is 0 Å². The SMILES string of the molecule is COc1ccc2ccc(OC)c(C=C3C(=O)N(c4ccccc4)C(=S)N3C)c2c1. The largest absolute Gasteiger partial charge is 0.497 e. The first-order chi connectivity index (χ1) is 14.0. The number of likely N-dealkylation sites (N-methyl/N-ethyl adjacent to an activating group) is 1. The summed E-state index contributed by atoms with van der Waals surface area (Å²) < 4.78 is 11.0. The number of carbonyl (C=O) groups is 1. The van der Waals surface area contributed by atoms with Crippen LogP contribution in [0.3, 0.4) is 0 Å². The molecule has 3 aromatic rings. The monoisotopic (exact) mass is 404 g/mol. The van der Waals surface area contributed by atoms with Crippen molar-refractivity contribution in [3.05, 3.63) is 71.9 Å². The third-order valence-corrected chi connectivity index (χ3v) is 5.46. The quantitative estimate of drug-likeness (QED) is 0.474. The Morgan fingerprint density at radius 3 is 2.38 bits per heavy atom. The lowest BCUT2D eigenvalue weighted by molar-refractivity contribution is -0.114. The Labute approximate surface area is 174 Å². The number of methoxy groups -OCH3 is 2. The molecule has 1 heterocycles. The molecule has 0 unspecified atom stereocenters. The average molecular weight is 404 g/mol. The van der Waals surface area contributed by atoms with Crippen LogP contribution in [0.15, 0.2) is 66.4 Å². The normalized spacial score (nSPS) is 15.5. The zero-order valence-corrected chi connectivity index (χ0v) is 17.2. The van der Waals surface area contributed by atoms with Crippen molar-refractivity contribution in [2.45, 2.75) is 0 Å². The molecule has 1 amide bonds. The first kappa shape index (κ1) is 19.0. The number of anilines is 1. The van der Waals surface area contributed by atoms with Gasteiger partial charge in [0, 0.05) is 12.6 Å². The second kappa shape index (κ2) is 7.56. The van der Waals surface area contributed by atoms with Gasteiger partial charge < -0.3 is 14.4 Å². The zero-order valence-electron chi connectivity index (χ0n) is 16.4. The fourth-order valence-electron chi connectivity index (χ4n) is 3.45. The Kier molecular flexibility index (Phi) is 4.94. The van der Waals surface area contributed by atoms with Gasteiger partial charge in [-0.2, -0.15) is 0 Å². The molecule has 0 aromatic heterocycles. The predicted octanol–water partition coefficient (Wildman–Crippen LogP) is 4.46. The molecule has 3 aromatic carbocycles. The Morgan fingerprint density at radius 1 is 0.966 bits per heavy atom. The molecular formula is C23H20N2O3S. The van der Waals surface area contributed by atoms with Gasteiger partial charge in [0.1, 0.15) is 17.2 Å². The van der Waals surface area contributed by atoms with Crippen LogP contribution in [-0.4, -0.2) is 37.2 Å². The molecule has 0 spiro atoms. The minimum Gasteiger partial charge on any atom is -0.497 e. The van der Waals surface area contributed by atoms with Crippen molar-refractivity contribution in [2.24, 2.45) is 0 Å².